The second-order valence-electron chi connectivity index (χ2n) is 4.31. The average Bonchev–Trinajstić information content (AvgIpc) is 2.41. The zero-order valence-corrected chi connectivity index (χ0v) is 10.9. The van der Waals surface area contributed by atoms with E-state index < -0.39 is 5.82 Å². The Hall–Kier alpha value is -2.34. The van der Waals surface area contributed by atoms with Crippen molar-refractivity contribution >= 4 is 0 Å². The molecule has 2 aromatic rings. The van der Waals surface area contributed by atoms with Crippen molar-refractivity contribution in [3.05, 3.63) is 58.9 Å². The third-order valence-corrected chi connectivity index (χ3v) is 2.95. The Bertz CT molecular complexity index is 644. The summed E-state index contributed by atoms with van der Waals surface area (Å²) in [7, 11) is 0. The molecule has 3 heteroatoms. The Balaban J connectivity index is 2.31. The molecule has 0 aromatic heterocycles. The molecule has 0 heterocycles. The fourth-order valence-corrected chi connectivity index (χ4v) is 1.75. The van der Waals surface area contributed by atoms with Crippen LogP contribution < -0.4 is 4.74 Å². The normalized spacial score (nSPS) is 10.0. The zero-order valence-electron chi connectivity index (χ0n) is 10.9. The van der Waals surface area contributed by atoms with Crippen molar-refractivity contribution in [1.82, 2.24) is 0 Å². The fourth-order valence-electron chi connectivity index (χ4n) is 1.75. The molecular formula is C16H14FNO. The number of hydrogen-bond donors (Lipinski definition) is 0. The van der Waals surface area contributed by atoms with E-state index in [9.17, 15) is 4.39 Å². The lowest BCUT2D eigenvalue weighted by Crippen LogP contribution is -1.92. The SMILES string of the molecule is CCc1ccc(C)c(Oc2ccc(C#N)c(F)c2)c1. The van der Waals surface area contributed by atoms with Gasteiger partial charge >= 0.3 is 0 Å². The predicted octanol–water partition coefficient (Wildman–Crippen LogP) is 4.36. The smallest absolute Gasteiger partial charge is 0.144 e. The van der Waals surface area contributed by atoms with Crippen molar-refractivity contribution in [1.29, 1.82) is 5.26 Å². The van der Waals surface area contributed by atoms with Gasteiger partial charge in [0.05, 0.1) is 5.56 Å². The van der Waals surface area contributed by atoms with Gasteiger partial charge in [-0.15, -0.1) is 0 Å². The first-order valence-electron chi connectivity index (χ1n) is 6.11. The summed E-state index contributed by atoms with van der Waals surface area (Å²) in [5.74, 6) is 0.542. The fraction of sp³-hybridized carbons (Fsp3) is 0.188. The number of aryl methyl sites for hydroxylation is 2. The number of rotatable bonds is 3. The first-order chi connectivity index (χ1) is 9.13. The van der Waals surface area contributed by atoms with Crippen LogP contribution in [0.4, 0.5) is 4.39 Å². The van der Waals surface area contributed by atoms with Crippen molar-refractivity contribution < 1.29 is 9.13 Å². The van der Waals surface area contributed by atoms with Gasteiger partial charge < -0.3 is 4.74 Å². The van der Waals surface area contributed by atoms with E-state index in [0.717, 1.165) is 17.5 Å². The lowest BCUT2D eigenvalue weighted by molar-refractivity contribution is 0.472. The molecule has 2 rings (SSSR count). The molecule has 0 aliphatic heterocycles. The van der Waals surface area contributed by atoms with E-state index >= 15 is 0 Å². The lowest BCUT2D eigenvalue weighted by atomic mass is 10.1. The van der Waals surface area contributed by atoms with Gasteiger partial charge in [0, 0.05) is 6.07 Å². The molecule has 0 fully saturated rings. The predicted molar refractivity (Wildman–Crippen MR) is 71.7 cm³/mol. The molecule has 0 aliphatic carbocycles. The van der Waals surface area contributed by atoms with Gasteiger partial charge in [-0.25, -0.2) is 4.39 Å². The minimum atomic E-state index is -0.565. The van der Waals surface area contributed by atoms with Crippen molar-refractivity contribution in [2.24, 2.45) is 0 Å². The number of nitriles is 1. The van der Waals surface area contributed by atoms with Crippen molar-refractivity contribution in [3.8, 4) is 17.6 Å². The minimum Gasteiger partial charge on any atom is -0.457 e. The van der Waals surface area contributed by atoms with Gasteiger partial charge in [-0.2, -0.15) is 5.26 Å². The first-order valence-corrected chi connectivity index (χ1v) is 6.11. The van der Waals surface area contributed by atoms with Gasteiger partial charge in [-0.1, -0.05) is 19.1 Å². The molecule has 19 heavy (non-hydrogen) atoms. The summed E-state index contributed by atoms with van der Waals surface area (Å²) in [5, 5.41) is 8.68. The van der Waals surface area contributed by atoms with Gasteiger partial charge in [0.25, 0.3) is 0 Å². The van der Waals surface area contributed by atoms with E-state index in [0.29, 0.717) is 11.5 Å². The van der Waals surface area contributed by atoms with Crippen LogP contribution in [0.5, 0.6) is 11.5 Å². The molecule has 96 valence electrons. The van der Waals surface area contributed by atoms with Crippen LogP contribution in [0.1, 0.15) is 23.6 Å². The molecule has 0 amide bonds. The second-order valence-corrected chi connectivity index (χ2v) is 4.31. The minimum absolute atomic E-state index is 0.0198. The average molecular weight is 255 g/mol. The molecule has 0 unspecified atom stereocenters. The Morgan fingerprint density at radius 3 is 2.63 bits per heavy atom. The van der Waals surface area contributed by atoms with Gasteiger partial charge in [0.2, 0.25) is 0 Å². The van der Waals surface area contributed by atoms with Crippen molar-refractivity contribution in [2.75, 3.05) is 0 Å². The lowest BCUT2D eigenvalue weighted by Gasteiger charge is -2.10. The maximum atomic E-state index is 13.5. The van der Waals surface area contributed by atoms with E-state index in [1.807, 2.05) is 25.1 Å². The molecule has 0 saturated heterocycles. The van der Waals surface area contributed by atoms with Crippen LogP contribution in [0.25, 0.3) is 0 Å². The van der Waals surface area contributed by atoms with Crippen LogP contribution in [0, 0.1) is 24.1 Å². The molecule has 0 atom stereocenters. The maximum absolute atomic E-state index is 13.5. The molecule has 0 N–H and O–H groups in total. The Morgan fingerprint density at radius 2 is 2.00 bits per heavy atom. The molecule has 0 bridgehead atoms. The molecule has 0 aliphatic rings. The van der Waals surface area contributed by atoms with Crippen LogP contribution in [0.2, 0.25) is 0 Å². The maximum Gasteiger partial charge on any atom is 0.144 e. The van der Waals surface area contributed by atoms with Gasteiger partial charge in [0.15, 0.2) is 0 Å². The molecule has 0 saturated carbocycles. The van der Waals surface area contributed by atoms with Crippen LogP contribution in [0.15, 0.2) is 36.4 Å². The summed E-state index contributed by atoms with van der Waals surface area (Å²) in [5.41, 5.74) is 2.17. The number of benzene rings is 2. The third kappa shape index (κ3) is 2.92. The van der Waals surface area contributed by atoms with E-state index in [4.69, 9.17) is 10.00 Å². The third-order valence-electron chi connectivity index (χ3n) is 2.95. The van der Waals surface area contributed by atoms with Crippen LogP contribution in [0.3, 0.4) is 0 Å². The highest BCUT2D eigenvalue weighted by Crippen LogP contribution is 2.27. The van der Waals surface area contributed by atoms with Gasteiger partial charge in [0.1, 0.15) is 23.4 Å². The zero-order chi connectivity index (χ0) is 13.8. The van der Waals surface area contributed by atoms with E-state index in [1.165, 1.54) is 12.1 Å². The van der Waals surface area contributed by atoms with Crippen LogP contribution >= 0.6 is 0 Å². The summed E-state index contributed by atoms with van der Waals surface area (Å²) < 4.78 is 19.2. The number of ether oxygens (including phenoxy) is 1. The van der Waals surface area contributed by atoms with Gasteiger partial charge in [-0.3, -0.25) is 0 Å². The largest absolute Gasteiger partial charge is 0.457 e. The topological polar surface area (TPSA) is 33.0 Å². The highest BCUT2D eigenvalue weighted by molar-refractivity contribution is 5.42. The molecule has 0 radical (unpaired) electrons. The van der Waals surface area contributed by atoms with Crippen molar-refractivity contribution in [2.45, 2.75) is 20.3 Å². The summed E-state index contributed by atoms with van der Waals surface area (Å²) in [4.78, 5) is 0. The van der Waals surface area contributed by atoms with E-state index in [2.05, 4.69) is 6.92 Å². The Kier molecular flexibility index (Phi) is 3.82. The highest BCUT2D eigenvalue weighted by atomic mass is 19.1. The quantitative estimate of drug-likeness (QED) is 0.816. The first kappa shape index (κ1) is 13.1. The highest BCUT2D eigenvalue weighted by Gasteiger charge is 2.06. The summed E-state index contributed by atoms with van der Waals surface area (Å²) in [6.07, 6.45) is 0.915. The monoisotopic (exact) mass is 255 g/mol. The summed E-state index contributed by atoms with van der Waals surface area (Å²) in [6.45, 7) is 4.00. The van der Waals surface area contributed by atoms with Crippen molar-refractivity contribution in [3.63, 3.8) is 0 Å². The second kappa shape index (κ2) is 5.53. The molecule has 2 nitrogen and oxygen atoms in total. The van der Waals surface area contributed by atoms with E-state index in [-0.39, 0.29) is 5.56 Å². The molecular weight excluding hydrogens is 241 g/mol. The summed E-state index contributed by atoms with van der Waals surface area (Å²) >= 11 is 0. The number of hydrogen-bond acceptors (Lipinski definition) is 2. The Labute approximate surface area is 112 Å². The molecule has 2 aromatic carbocycles. The Morgan fingerprint density at radius 1 is 1.21 bits per heavy atom. The standard InChI is InChI=1S/C16H14FNO/c1-3-12-5-4-11(2)16(8-12)19-14-7-6-13(10-18)15(17)9-14/h4-9H,3H2,1-2H3. The van der Waals surface area contributed by atoms with Crippen LogP contribution in [-0.2, 0) is 6.42 Å². The van der Waals surface area contributed by atoms with E-state index in [1.54, 1.807) is 12.1 Å². The summed E-state index contributed by atoms with van der Waals surface area (Å²) in [6, 6.07) is 12.0. The van der Waals surface area contributed by atoms with Crippen LogP contribution in [-0.4, -0.2) is 0 Å². The van der Waals surface area contributed by atoms with Gasteiger partial charge in [-0.05, 0) is 42.7 Å². The number of halogens is 1. The number of nitrogens with zero attached hydrogens (tertiary/aromatic N) is 1. The molecule has 0 spiro atoms.